The Kier molecular flexibility index (Phi) is 5.67. The van der Waals surface area contributed by atoms with Gasteiger partial charge in [-0.1, -0.05) is 6.07 Å². The number of carbonyl (C=O) groups is 1. The number of amides is 1. The van der Waals surface area contributed by atoms with Gasteiger partial charge in [0.25, 0.3) is 5.91 Å². The topological polar surface area (TPSA) is 61.2 Å². The molecule has 0 saturated carbocycles. The third-order valence-corrected chi connectivity index (χ3v) is 5.40. The lowest BCUT2D eigenvalue weighted by atomic mass is 10.0. The van der Waals surface area contributed by atoms with E-state index in [0.717, 1.165) is 48.7 Å². The van der Waals surface area contributed by atoms with Crippen molar-refractivity contribution in [3.63, 3.8) is 0 Å². The molecule has 2 aromatic carbocycles. The minimum Gasteiger partial charge on any atom is -0.497 e. The van der Waals surface area contributed by atoms with Gasteiger partial charge in [0.05, 0.1) is 26.9 Å². The fraction of sp³-hybridized carbons (Fsp3) is 0.409. The summed E-state index contributed by atoms with van der Waals surface area (Å²) in [6.07, 6.45) is 3.08. The van der Waals surface area contributed by atoms with Gasteiger partial charge in [0.15, 0.2) is 18.0 Å². The van der Waals surface area contributed by atoms with Gasteiger partial charge in [0.1, 0.15) is 11.8 Å². The number of anilines is 1. The molecule has 2 aliphatic heterocycles. The number of likely N-dealkylation sites (tertiary alicyclic amines) is 1. The molecule has 0 radical (unpaired) electrons. The van der Waals surface area contributed by atoms with E-state index < -0.39 is 0 Å². The number of fused-ring (bicyclic) bond motifs is 1. The van der Waals surface area contributed by atoms with Crippen LogP contribution in [0.5, 0.6) is 17.2 Å². The van der Waals surface area contributed by atoms with Gasteiger partial charge in [-0.2, -0.15) is 0 Å². The van der Waals surface area contributed by atoms with Crippen LogP contribution in [0.3, 0.4) is 0 Å². The molecule has 1 saturated heterocycles. The smallest absolute Gasteiger partial charge is 0.279 e. The van der Waals surface area contributed by atoms with Crippen molar-refractivity contribution in [2.45, 2.75) is 25.3 Å². The Bertz CT molecular complexity index is 839. The maximum atomic E-state index is 12.6. The number of nitrogens with one attached hydrogen (secondary N) is 2. The van der Waals surface area contributed by atoms with Crippen LogP contribution in [0.2, 0.25) is 0 Å². The predicted octanol–water partition coefficient (Wildman–Crippen LogP) is 2.21. The van der Waals surface area contributed by atoms with Crippen LogP contribution in [0.15, 0.2) is 42.5 Å². The van der Waals surface area contributed by atoms with Gasteiger partial charge in [-0.3, -0.25) is 4.79 Å². The summed E-state index contributed by atoms with van der Waals surface area (Å²) in [5.74, 6) is 2.39. The third-order valence-electron chi connectivity index (χ3n) is 5.40. The Labute approximate surface area is 165 Å². The summed E-state index contributed by atoms with van der Waals surface area (Å²) in [7, 11) is 1.62. The van der Waals surface area contributed by atoms with Crippen LogP contribution in [0.4, 0.5) is 5.69 Å². The van der Waals surface area contributed by atoms with Gasteiger partial charge in [-0.05, 0) is 30.3 Å². The first-order valence-corrected chi connectivity index (χ1v) is 9.91. The zero-order valence-electron chi connectivity index (χ0n) is 16.2. The molecule has 0 spiro atoms. The molecule has 0 aliphatic carbocycles. The van der Waals surface area contributed by atoms with Crippen molar-refractivity contribution in [2.24, 2.45) is 0 Å². The van der Waals surface area contributed by atoms with Crippen molar-refractivity contribution in [3.05, 3.63) is 48.0 Å². The highest BCUT2D eigenvalue weighted by molar-refractivity contribution is 5.91. The van der Waals surface area contributed by atoms with E-state index in [1.807, 2.05) is 30.3 Å². The van der Waals surface area contributed by atoms with Crippen molar-refractivity contribution >= 4 is 11.6 Å². The number of hydrogen-bond donors (Lipinski definition) is 2. The Hall–Kier alpha value is -2.73. The standard InChI is InChI=1S/C22H26N2O4/c1-26-18-6-2-5-17(14-18)23-22(25)15-24-10-3-7-19(24)16-8-9-20-21(13-16)28-12-4-11-27-20/h2,5-6,8-9,13-14,19H,3-4,7,10-12,15H2,1H3,(H,23,25)/p+1/t19-/m1/s1. The zero-order chi connectivity index (χ0) is 19.3. The van der Waals surface area contributed by atoms with Crippen molar-refractivity contribution in [2.75, 3.05) is 38.7 Å². The Morgan fingerprint density at radius 2 is 2.00 bits per heavy atom. The highest BCUT2D eigenvalue weighted by Gasteiger charge is 2.32. The number of carbonyl (C=O) groups excluding carboxylic acids is 1. The number of methoxy groups -OCH3 is 1. The average Bonchev–Trinajstić information content (AvgIpc) is 3.03. The molecule has 6 heteroatoms. The Morgan fingerprint density at radius 3 is 2.86 bits per heavy atom. The van der Waals surface area contributed by atoms with E-state index in [4.69, 9.17) is 14.2 Å². The second kappa shape index (κ2) is 8.52. The molecular weight excluding hydrogens is 356 g/mol. The molecule has 1 unspecified atom stereocenters. The quantitative estimate of drug-likeness (QED) is 0.831. The number of rotatable bonds is 5. The summed E-state index contributed by atoms with van der Waals surface area (Å²) in [6.45, 7) is 2.80. The van der Waals surface area contributed by atoms with Gasteiger partial charge < -0.3 is 24.4 Å². The molecule has 148 valence electrons. The molecule has 2 atom stereocenters. The number of benzene rings is 2. The molecule has 2 aliphatic rings. The minimum atomic E-state index is 0.0181. The lowest BCUT2D eigenvalue weighted by Crippen LogP contribution is -3.11. The third kappa shape index (κ3) is 4.22. The highest BCUT2D eigenvalue weighted by Crippen LogP contribution is 2.33. The summed E-state index contributed by atoms with van der Waals surface area (Å²) < 4.78 is 16.8. The van der Waals surface area contributed by atoms with Crippen LogP contribution in [-0.2, 0) is 4.79 Å². The van der Waals surface area contributed by atoms with E-state index in [0.29, 0.717) is 25.8 Å². The second-order valence-electron chi connectivity index (χ2n) is 7.32. The van der Waals surface area contributed by atoms with E-state index >= 15 is 0 Å². The molecule has 1 fully saturated rings. The largest absolute Gasteiger partial charge is 0.497 e. The Morgan fingerprint density at radius 1 is 1.14 bits per heavy atom. The first kappa shape index (κ1) is 18.6. The monoisotopic (exact) mass is 383 g/mol. The molecule has 28 heavy (non-hydrogen) atoms. The van der Waals surface area contributed by atoms with E-state index in [9.17, 15) is 4.79 Å². The van der Waals surface area contributed by atoms with E-state index in [-0.39, 0.29) is 5.91 Å². The van der Waals surface area contributed by atoms with Crippen LogP contribution in [-0.4, -0.2) is 39.3 Å². The molecule has 2 aromatic rings. The maximum Gasteiger partial charge on any atom is 0.279 e. The molecule has 6 nitrogen and oxygen atoms in total. The Balaban J connectivity index is 1.43. The number of ether oxygens (including phenoxy) is 3. The van der Waals surface area contributed by atoms with Crippen LogP contribution in [0.25, 0.3) is 0 Å². The number of quaternary nitrogens is 1. The van der Waals surface area contributed by atoms with Crippen molar-refractivity contribution < 1.29 is 23.9 Å². The molecule has 2 heterocycles. The van der Waals surface area contributed by atoms with Crippen LogP contribution in [0, 0.1) is 0 Å². The average molecular weight is 383 g/mol. The van der Waals surface area contributed by atoms with E-state index in [1.54, 1.807) is 7.11 Å². The molecule has 4 rings (SSSR count). The van der Waals surface area contributed by atoms with Gasteiger partial charge in [0, 0.05) is 36.6 Å². The highest BCUT2D eigenvalue weighted by atomic mass is 16.5. The molecule has 1 amide bonds. The molecule has 0 bridgehead atoms. The predicted molar refractivity (Wildman–Crippen MR) is 106 cm³/mol. The summed E-state index contributed by atoms with van der Waals surface area (Å²) in [5, 5.41) is 2.99. The summed E-state index contributed by atoms with van der Waals surface area (Å²) >= 11 is 0. The van der Waals surface area contributed by atoms with E-state index in [2.05, 4.69) is 17.4 Å². The van der Waals surface area contributed by atoms with Crippen molar-refractivity contribution in [3.8, 4) is 17.2 Å². The lowest BCUT2D eigenvalue weighted by Gasteiger charge is -2.22. The van der Waals surface area contributed by atoms with E-state index in [1.165, 1.54) is 10.5 Å². The maximum absolute atomic E-state index is 12.6. The zero-order valence-corrected chi connectivity index (χ0v) is 16.2. The summed E-state index contributed by atoms with van der Waals surface area (Å²) in [4.78, 5) is 13.9. The van der Waals surface area contributed by atoms with Gasteiger partial charge >= 0.3 is 0 Å². The van der Waals surface area contributed by atoms with Crippen LogP contribution >= 0.6 is 0 Å². The molecule has 0 aromatic heterocycles. The second-order valence-corrected chi connectivity index (χ2v) is 7.32. The van der Waals surface area contributed by atoms with Crippen LogP contribution < -0.4 is 24.4 Å². The van der Waals surface area contributed by atoms with Gasteiger partial charge in [0.2, 0.25) is 0 Å². The van der Waals surface area contributed by atoms with Gasteiger partial charge in [-0.25, -0.2) is 0 Å². The molecular formula is C22H27N2O4+. The van der Waals surface area contributed by atoms with Crippen molar-refractivity contribution in [1.82, 2.24) is 0 Å². The summed E-state index contributed by atoms with van der Waals surface area (Å²) in [6, 6.07) is 14.0. The molecule has 2 N–H and O–H groups in total. The fourth-order valence-corrected chi connectivity index (χ4v) is 4.03. The van der Waals surface area contributed by atoms with Crippen LogP contribution in [0.1, 0.15) is 30.9 Å². The fourth-order valence-electron chi connectivity index (χ4n) is 4.03. The SMILES string of the molecule is COc1cccc(NC(=O)C[NH+]2CCC[C@@H]2c2ccc3c(c2)OCCCO3)c1. The normalized spacial score (nSPS) is 21.0. The van der Waals surface area contributed by atoms with Gasteiger partial charge in [-0.15, -0.1) is 0 Å². The lowest BCUT2D eigenvalue weighted by molar-refractivity contribution is -0.910. The first-order valence-electron chi connectivity index (χ1n) is 9.91. The number of hydrogen-bond acceptors (Lipinski definition) is 4. The van der Waals surface area contributed by atoms with Crippen molar-refractivity contribution in [1.29, 1.82) is 0 Å². The minimum absolute atomic E-state index is 0.0181. The summed E-state index contributed by atoms with van der Waals surface area (Å²) in [5.41, 5.74) is 1.97. The first-order chi connectivity index (χ1) is 13.7.